The van der Waals surface area contributed by atoms with Crippen molar-refractivity contribution in [2.75, 3.05) is 11.5 Å². The lowest BCUT2D eigenvalue weighted by Gasteiger charge is -2.23. The maximum Gasteiger partial charge on any atom is 0.300 e. The number of rotatable bonds is 7. The van der Waals surface area contributed by atoms with E-state index in [9.17, 15) is 14.7 Å². The predicted octanol–water partition coefficient (Wildman–Crippen LogP) is 5.87. The van der Waals surface area contributed by atoms with Gasteiger partial charge in [-0.05, 0) is 80.3 Å². The van der Waals surface area contributed by atoms with E-state index in [1.807, 2.05) is 45.0 Å². The number of ketones is 1. The minimum atomic E-state index is -0.877. The average molecular weight is 460 g/mol. The molecule has 4 rings (SSSR count). The van der Waals surface area contributed by atoms with Gasteiger partial charge in [0, 0.05) is 11.3 Å². The molecule has 1 aliphatic heterocycles. The lowest BCUT2D eigenvalue weighted by atomic mass is 9.98. The summed E-state index contributed by atoms with van der Waals surface area (Å²) in [7, 11) is 0. The first-order chi connectivity index (χ1) is 16.3. The highest BCUT2D eigenvalue weighted by Crippen LogP contribution is 2.43. The Morgan fingerprint density at radius 1 is 1.03 bits per heavy atom. The van der Waals surface area contributed by atoms with Crippen LogP contribution in [0.5, 0.6) is 5.75 Å². The summed E-state index contributed by atoms with van der Waals surface area (Å²) < 4.78 is 11.6. The van der Waals surface area contributed by atoms with Crippen LogP contribution in [0.15, 0.2) is 64.6 Å². The molecule has 1 aliphatic rings. The number of benzene rings is 2. The van der Waals surface area contributed by atoms with Crippen molar-refractivity contribution in [3.8, 4) is 5.75 Å². The Labute approximate surface area is 199 Å². The first-order valence-corrected chi connectivity index (χ1v) is 11.6. The molecule has 1 N–H and O–H groups in total. The summed E-state index contributed by atoms with van der Waals surface area (Å²) in [6, 6.07) is 15.3. The number of nitrogens with zero attached hydrogens (tertiary/aromatic N) is 1. The summed E-state index contributed by atoms with van der Waals surface area (Å²) in [4.78, 5) is 27.8. The van der Waals surface area contributed by atoms with Gasteiger partial charge in [0.1, 0.15) is 29.1 Å². The zero-order valence-electron chi connectivity index (χ0n) is 19.9. The summed E-state index contributed by atoms with van der Waals surface area (Å²) in [5.41, 5.74) is 2.95. The van der Waals surface area contributed by atoms with Crippen molar-refractivity contribution < 1.29 is 23.8 Å². The van der Waals surface area contributed by atoms with Crippen molar-refractivity contribution in [1.29, 1.82) is 0 Å². The molecular formula is C28H29NO5. The molecule has 2 aromatic carbocycles. The van der Waals surface area contributed by atoms with Gasteiger partial charge in [0.2, 0.25) is 0 Å². The van der Waals surface area contributed by atoms with Gasteiger partial charge in [0.15, 0.2) is 0 Å². The van der Waals surface area contributed by atoms with Crippen molar-refractivity contribution in [2.45, 2.75) is 46.6 Å². The number of aliphatic hydroxyl groups excluding tert-OH is 1. The van der Waals surface area contributed by atoms with Gasteiger partial charge in [0.25, 0.3) is 11.7 Å². The molecular weight excluding hydrogens is 430 g/mol. The molecule has 176 valence electrons. The zero-order chi connectivity index (χ0) is 24.4. The van der Waals surface area contributed by atoms with Crippen molar-refractivity contribution in [3.63, 3.8) is 0 Å². The SMILES string of the molecule is CCCOc1ccc(/C(O)=C2/C(=O)C(=O)N(c3ccc(CC)cc3)C2c2ccc(C)o2)cc1C. The quantitative estimate of drug-likeness (QED) is 0.271. The van der Waals surface area contributed by atoms with E-state index >= 15 is 0 Å². The van der Waals surface area contributed by atoms with Crippen LogP contribution >= 0.6 is 0 Å². The molecule has 0 spiro atoms. The highest BCUT2D eigenvalue weighted by atomic mass is 16.5. The van der Waals surface area contributed by atoms with E-state index < -0.39 is 17.7 Å². The highest BCUT2D eigenvalue weighted by molar-refractivity contribution is 6.51. The Balaban J connectivity index is 1.84. The fraction of sp³-hybridized carbons (Fsp3) is 0.286. The largest absolute Gasteiger partial charge is 0.507 e. The van der Waals surface area contributed by atoms with Crippen molar-refractivity contribution in [1.82, 2.24) is 0 Å². The van der Waals surface area contributed by atoms with Gasteiger partial charge in [-0.3, -0.25) is 14.5 Å². The number of aliphatic hydroxyl groups is 1. The molecule has 1 fully saturated rings. The molecule has 6 nitrogen and oxygen atoms in total. The number of aryl methyl sites for hydroxylation is 3. The van der Waals surface area contributed by atoms with Gasteiger partial charge in [-0.1, -0.05) is 26.0 Å². The number of anilines is 1. The standard InChI is InChI=1S/C28H29NO5/c1-5-15-33-22-14-10-20(16-17(22)3)26(30)24-25(23-13-7-18(4)34-23)29(28(32)27(24)31)21-11-8-19(6-2)9-12-21/h7-14,16,25,30H,5-6,15H2,1-4H3/b26-24-. The fourth-order valence-electron chi connectivity index (χ4n) is 4.19. The second-order valence-electron chi connectivity index (χ2n) is 8.47. The Bertz CT molecular complexity index is 1250. The summed E-state index contributed by atoms with van der Waals surface area (Å²) in [6.07, 6.45) is 1.74. The lowest BCUT2D eigenvalue weighted by Crippen LogP contribution is -2.29. The summed E-state index contributed by atoms with van der Waals surface area (Å²) in [6.45, 7) is 8.34. The van der Waals surface area contributed by atoms with Crippen LogP contribution in [0.2, 0.25) is 0 Å². The number of carbonyl (C=O) groups is 2. The van der Waals surface area contributed by atoms with Crippen LogP contribution in [0.1, 0.15) is 54.5 Å². The first-order valence-electron chi connectivity index (χ1n) is 11.6. The molecule has 1 unspecified atom stereocenters. The fourth-order valence-corrected chi connectivity index (χ4v) is 4.19. The number of Topliss-reactive ketones (excluding diaryl/α,β-unsaturated/α-hetero) is 1. The van der Waals surface area contributed by atoms with Gasteiger partial charge in [0.05, 0.1) is 12.2 Å². The number of amides is 1. The number of ether oxygens (including phenoxy) is 1. The minimum Gasteiger partial charge on any atom is -0.507 e. The normalized spacial score (nSPS) is 17.4. The highest BCUT2D eigenvalue weighted by Gasteiger charge is 2.48. The molecule has 1 atom stereocenters. The van der Waals surface area contributed by atoms with Crippen LogP contribution in [0.4, 0.5) is 5.69 Å². The van der Waals surface area contributed by atoms with E-state index in [4.69, 9.17) is 9.15 Å². The zero-order valence-corrected chi connectivity index (χ0v) is 19.9. The molecule has 34 heavy (non-hydrogen) atoms. The van der Waals surface area contributed by atoms with Gasteiger partial charge in [-0.25, -0.2) is 0 Å². The maximum atomic E-state index is 13.2. The Morgan fingerprint density at radius 3 is 2.35 bits per heavy atom. The van der Waals surface area contributed by atoms with E-state index in [-0.39, 0.29) is 11.3 Å². The molecule has 1 aromatic heterocycles. The van der Waals surface area contributed by atoms with Crippen LogP contribution < -0.4 is 9.64 Å². The van der Waals surface area contributed by atoms with E-state index in [1.165, 1.54) is 4.90 Å². The topological polar surface area (TPSA) is 80.0 Å². The average Bonchev–Trinajstić information content (AvgIpc) is 3.38. The molecule has 2 heterocycles. The summed E-state index contributed by atoms with van der Waals surface area (Å²) in [5, 5.41) is 11.3. The van der Waals surface area contributed by atoms with Crippen LogP contribution in [0.25, 0.3) is 5.76 Å². The first kappa shape index (κ1) is 23.4. The van der Waals surface area contributed by atoms with Gasteiger partial charge in [-0.15, -0.1) is 0 Å². The second-order valence-corrected chi connectivity index (χ2v) is 8.47. The van der Waals surface area contributed by atoms with Crippen molar-refractivity contribution >= 4 is 23.1 Å². The number of hydrogen-bond donors (Lipinski definition) is 1. The van der Waals surface area contributed by atoms with Crippen LogP contribution in [-0.4, -0.2) is 23.4 Å². The summed E-state index contributed by atoms with van der Waals surface area (Å²) in [5.74, 6) is 0.0838. The number of hydrogen-bond acceptors (Lipinski definition) is 5. The molecule has 1 amide bonds. The molecule has 6 heteroatoms. The molecule has 3 aromatic rings. The second kappa shape index (κ2) is 9.59. The molecule has 1 saturated heterocycles. The Morgan fingerprint density at radius 2 is 1.76 bits per heavy atom. The van der Waals surface area contributed by atoms with E-state index in [0.29, 0.717) is 35.1 Å². The van der Waals surface area contributed by atoms with Crippen LogP contribution in [-0.2, 0) is 16.0 Å². The van der Waals surface area contributed by atoms with E-state index in [0.717, 1.165) is 24.0 Å². The smallest absolute Gasteiger partial charge is 0.300 e. The number of carbonyl (C=O) groups excluding carboxylic acids is 2. The molecule has 0 saturated carbocycles. The molecule has 0 radical (unpaired) electrons. The van der Waals surface area contributed by atoms with Crippen LogP contribution in [0.3, 0.4) is 0 Å². The third-order valence-corrected chi connectivity index (χ3v) is 6.01. The van der Waals surface area contributed by atoms with Crippen molar-refractivity contribution in [3.05, 3.63) is 88.4 Å². The monoisotopic (exact) mass is 459 g/mol. The van der Waals surface area contributed by atoms with Gasteiger partial charge < -0.3 is 14.3 Å². The van der Waals surface area contributed by atoms with Gasteiger partial charge in [-0.2, -0.15) is 0 Å². The Kier molecular flexibility index (Phi) is 6.59. The Hall–Kier alpha value is -3.80. The maximum absolute atomic E-state index is 13.2. The van der Waals surface area contributed by atoms with Gasteiger partial charge >= 0.3 is 0 Å². The lowest BCUT2D eigenvalue weighted by molar-refractivity contribution is -0.132. The predicted molar refractivity (Wildman–Crippen MR) is 131 cm³/mol. The third-order valence-electron chi connectivity index (χ3n) is 6.01. The molecule has 0 aliphatic carbocycles. The van der Waals surface area contributed by atoms with Crippen molar-refractivity contribution in [2.24, 2.45) is 0 Å². The van der Waals surface area contributed by atoms with E-state index in [1.54, 1.807) is 37.3 Å². The molecule has 0 bridgehead atoms. The third kappa shape index (κ3) is 4.23. The number of furan rings is 1. The van der Waals surface area contributed by atoms with Crippen LogP contribution in [0, 0.1) is 13.8 Å². The summed E-state index contributed by atoms with van der Waals surface area (Å²) >= 11 is 0. The van der Waals surface area contributed by atoms with E-state index in [2.05, 4.69) is 0 Å². The minimum absolute atomic E-state index is 0.000504.